The molecule has 1 N–H and O–H groups in total. The van der Waals surface area contributed by atoms with Crippen molar-refractivity contribution in [3.8, 4) is 22.7 Å². The van der Waals surface area contributed by atoms with E-state index >= 15 is 9.18 Å². The third-order valence-corrected chi connectivity index (χ3v) is 9.80. The average Bonchev–Trinajstić information content (AvgIpc) is 3.04. The van der Waals surface area contributed by atoms with E-state index in [1.54, 1.807) is 16.8 Å². The Bertz CT molecular complexity index is 1990. The maximum atomic E-state index is 15.4. The van der Waals surface area contributed by atoms with Crippen molar-refractivity contribution in [3.05, 3.63) is 81.6 Å². The first-order chi connectivity index (χ1) is 23.3. The quantitative estimate of drug-likeness (QED) is 0.234. The minimum atomic E-state index is -0.690. The third-order valence-electron chi connectivity index (χ3n) is 9.52. The highest BCUT2D eigenvalue weighted by molar-refractivity contribution is 6.34. The van der Waals surface area contributed by atoms with E-state index < -0.39 is 5.82 Å². The number of halogens is 2. The molecule has 49 heavy (non-hydrogen) atoms. The number of carbonyl (C=O) groups is 1. The summed E-state index contributed by atoms with van der Waals surface area (Å²) in [6, 6.07) is 7.32. The molecule has 0 saturated carbocycles. The van der Waals surface area contributed by atoms with E-state index in [0.29, 0.717) is 54.3 Å². The van der Waals surface area contributed by atoms with Gasteiger partial charge in [0.2, 0.25) is 5.91 Å². The number of fused-ring (bicyclic) bond motifs is 5. The highest BCUT2D eigenvalue weighted by Gasteiger charge is 2.43. The number of hydrogen-bond donors (Lipinski definition) is 1. The van der Waals surface area contributed by atoms with E-state index in [9.17, 15) is 9.90 Å². The second kappa shape index (κ2) is 13.4. The van der Waals surface area contributed by atoms with Crippen molar-refractivity contribution in [2.75, 3.05) is 56.6 Å². The molecular formula is C37H43ClFN7O3. The summed E-state index contributed by atoms with van der Waals surface area (Å²) in [5.41, 5.74) is 3.23. The Morgan fingerprint density at radius 3 is 2.61 bits per heavy atom. The van der Waals surface area contributed by atoms with Gasteiger partial charge in [-0.2, -0.15) is 0 Å². The van der Waals surface area contributed by atoms with Crippen molar-refractivity contribution in [2.24, 2.45) is 0 Å². The number of amides is 1. The van der Waals surface area contributed by atoms with E-state index in [-0.39, 0.29) is 57.1 Å². The molecule has 0 aliphatic carbocycles. The van der Waals surface area contributed by atoms with E-state index in [0.717, 1.165) is 18.5 Å². The number of hydrogen-bond acceptors (Lipinski definition) is 8. The van der Waals surface area contributed by atoms with E-state index in [1.807, 2.05) is 52.8 Å². The van der Waals surface area contributed by atoms with Gasteiger partial charge < -0.3 is 24.7 Å². The van der Waals surface area contributed by atoms with Crippen molar-refractivity contribution in [1.82, 2.24) is 24.3 Å². The summed E-state index contributed by atoms with van der Waals surface area (Å²) in [5.74, 6) is -1.18. The van der Waals surface area contributed by atoms with E-state index in [4.69, 9.17) is 21.6 Å². The van der Waals surface area contributed by atoms with Crippen LogP contribution in [0.1, 0.15) is 44.4 Å². The zero-order chi connectivity index (χ0) is 35.3. The topological polar surface area (TPSA) is 98.0 Å². The summed E-state index contributed by atoms with van der Waals surface area (Å²) in [4.78, 5) is 46.1. The predicted molar refractivity (Wildman–Crippen MR) is 194 cm³/mol. The molecule has 258 valence electrons. The first-order valence-corrected chi connectivity index (χ1v) is 17.0. The largest absolute Gasteiger partial charge is 0.507 e. The number of phenols is 1. The predicted octanol–water partition coefficient (Wildman–Crippen LogP) is 5.74. The lowest BCUT2D eigenvalue weighted by Crippen LogP contribution is -2.65. The fourth-order valence-electron chi connectivity index (χ4n) is 7.38. The fraction of sp³-hybridized carbons (Fsp3) is 0.405. The fourth-order valence-corrected chi connectivity index (χ4v) is 7.63. The van der Waals surface area contributed by atoms with Crippen LogP contribution in [0.25, 0.3) is 28.0 Å². The van der Waals surface area contributed by atoms with Gasteiger partial charge in [0, 0.05) is 43.8 Å². The molecule has 10 nitrogen and oxygen atoms in total. The lowest BCUT2D eigenvalue weighted by molar-refractivity contribution is -0.127. The number of pyridine rings is 3. The Hall–Kier alpha value is -4.48. The highest BCUT2D eigenvalue weighted by atomic mass is 35.5. The average molecular weight is 688 g/mol. The molecule has 2 aliphatic heterocycles. The number of benzene rings is 1. The molecule has 3 aromatic heterocycles. The molecular weight excluding hydrogens is 645 g/mol. The van der Waals surface area contributed by atoms with Gasteiger partial charge in [-0.3, -0.25) is 19.1 Å². The Kier molecular flexibility index (Phi) is 9.43. The van der Waals surface area contributed by atoms with E-state index in [1.165, 1.54) is 24.3 Å². The number of carbonyl (C=O) groups excluding carboxylic acids is 1. The maximum Gasteiger partial charge on any atom is 0.282 e. The summed E-state index contributed by atoms with van der Waals surface area (Å²) in [6.45, 7) is 14.6. The number of anilines is 2. The van der Waals surface area contributed by atoms with Crippen LogP contribution in [0.4, 0.5) is 15.8 Å². The van der Waals surface area contributed by atoms with Crippen LogP contribution >= 0.6 is 11.6 Å². The Balaban J connectivity index is 1.73. The normalized spacial score (nSPS) is 17.6. The summed E-state index contributed by atoms with van der Waals surface area (Å²) in [7, 11) is 4.04. The zero-order valence-electron chi connectivity index (χ0n) is 28.9. The van der Waals surface area contributed by atoms with Crippen molar-refractivity contribution in [3.63, 3.8) is 0 Å². The molecule has 5 heterocycles. The molecule has 6 rings (SSSR count). The van der Waals surface area contributed by atoms with Gasteiger partial charge in [-0.05, 0) is 82.7 Å². The number of rotatable bonds is 8. The summed E-state index contributed by atoms with van der Waals surface area (Å²) in [5, 5.41) is 11.5. The second-order valence-electron chi connectivity index (χ2n) is 13.6. The van der Waals surface area contributed by atoms with E-state index in [2.05, 4.69) is 21.3 Å². The van der Waals surface area contributed by atoms with Gasteiger partial charge in [-0.1, -0.05) is 38.1 Å². The van der Waals surface area contributed by atoms with Crippen LogP contribution in [0, 0.1) is 12.7 Å². The lowest BCUT2D eigenvalue weighted by Gasteiger charge is -2.52. The lowest BCUT2D eigenvalue weighted by atomic mass is 9.97. The van der Waals surface area contributed by atoms with Crippen LogP contribution in [0.15, 0.2) is 54.0 Å². The van der Waals surface area contributed by atoms with Crippen LogP contribution in [-0.2, 0) is 4.79 Å². The standard InChI is InChI=1S/C37H43ClFN7O3/c1-8-29(48)44-18-23(5)45-24(20-44)19-43(16-10-15-42(6)7)35-34(45)25-17-26(38)32(30-27(39)11-9-12-28(30)47)41-36(25)46(37(35)49)33-22(4)13-14-40-31(33)21(2)3/h8-9,11-14,17,21,23-24,47H,1,10,15-16,18-20H2,2-7H3. The van der Waals surface area contributed by atoms with Crippen molar-refractivity contribution < 1.29 is 14.3 Å². The van der Waals surface area contributed by atoms with Crippen molar-refractivity contribution in [1.29, 1.82) is 0 Å². The Morgan fingerprint density at radius 1 is 1.18 bits per heavy atom. The molecule has 0 spiro atoms. The molecule has 0 bridgehead atoms. The van der Waals surface area contributed by atoms with Crippen molar-refractivity contribution >= 4 is 39.9 Å². The van der Waals surface area contributed by atoms with Crippen molar-refractivity contribution in [2.45, 2.75) is 52.1 Å². The van der Waals surface area contributed by atoms with Crippen LogP contribution in [0.3, 0.4) is 0 Å². The van der Waals surface area contributed by atoms with Gasteiger partial charge in [0.1, 0.15) is 17.3 Å². The minimum Gasteiger partial charge on any atom is -0.507 e. The number of piperazine rings is 1. The molecule has 1 fully saturated rings. The van der Waals surface area contributed by atoms with Gasteiger partial charge in [0.25, 0.3) is 5.56 Å². The molecule has 1 aromatic carbocycles. The summed E-state index contributed by atoms with van der Waals surface area (Å²) in [6.07, 6.45) is 3.87. The molecule has 0 radical (unpaired) electrons. The number of phenolic OH excluding ortho intramolecular Hbond substituents is 1. The van der Waals surface area contributed by atoms with Crippen LogP contribution in [0.2, 0.25) is 5.02 Å². The summed E-state index contributed by atoms with van der Waals surface area (Å²) >= 11 is 6.98. The van der Waals surface area contributed by atoms with Gasteiger partial charge in [-0.25, -0.2) is 9.37 Å². The third kappa shape index (κ3) is 6.03. The Labute approximate surface area is 291 Å². The highest BCUT2D eigenvalue weighted by Crippen LogP contribution is 2.45. The number of aromatic hydroxyl groups is 1. The molecule has 2 atom stereocenters. The van der Waals surface area contributed by atoms with Gasteiger partial charge >= 0.3 is 0 Å². The zero-order valence-corrected chi connectivity index (χ0v) is 29.6. The number of aromatic nitrogens is 3. The Morgan fingerprint density at radius 2 is 1.94 bits per heavy atom. The number of nitrogens with zero attached hydrogens (tertiary/aromatic N) is 7. The molecule has 12 heteroatoms. The van der Waals surface area contributed by atoms with Gasteiger partial charge in [-0.15, -0.1) is 0 Å². The smallest absolute Gasteiger partial charge is 0.282 e. The van der Waals surface area contributed by atoms with Crippen LogP contribution in [0.5, 0.6) is 5.75 Å². The number of aryl methyl sites for hydroxylation is 1. The molecule has 2 unspecified atom stereocenters. The molecule has 1 amide bonds. The first-order valence-electron chi connectivity index (χ1n) is 16.7. The first kappa shape index (κ1) is 34.4. The monoisotopic (exact) mass is 687 g/mol. The maximum absolute atomic E-state index is 15.4. The molecule has 4 aromatic rings. The van der Waals surface area contributed by atoms with Crippen LogP contribution in [-0.4, -0.2) is 94.3 Å². The van der Waals surface area contributed by atoms with Gasteiger partial charge in [0.05, 0.1) is 39.4 Å². The summed E-state index contributed by atoms with van der Waals surface area (Å²) < 4.78 is 17.0. The van der Waals surface area contributed by atoms with Gasteiger partial charge in [0.15, 0.2) is 5.65 Å². The molecule has 2 aliphatic rings. The minimum absolute atomic E-state index is 0.0233. The second-order valence-corrected chi connectivity index (χ2v) is 14.0. The SMILES string of the molecule is C=CC(=O)N1CC(C)N2c3c(c(=O)n(-c4c(C)ccnc4C(C)C)c4nc(-c5c(O)cccc5F)c(Cl)cc34)N(CCCN(C)C)CC2C1. The molecule has 1 saturated heterocycles. The van der Waals surface area contributed by atoms with Crippen LogP contribution < -0.4 is 15.4 Å².